The van der Waals surface area contributed by atoms with Gasteiger partial charge in [0, 0.05) is 13.0 Å². The maximum absolute atomic E-state index is 12.6. The fourth-order valence-electron chi connectivity index (χ4n) is 4.30. The molecule has 2 N–H and O–H groups in total. The van der Waals surface area contributed by atoms with E-state index in [1.807, 2.05) is 4.90 Å². The summed E-state index contributed by atoms with van der Waals surface area (Å²) < 4.78 is 4.71. The number of carbonyl (C=O) groups excluding carboxylic acids is 2. The SMILES string of the molecule is COC(=O)CCCN1C(=O)NC(=NC2CCCCC2)C12CCNCC2. The molecule has 3 fully saturated rings. The molecule has 0 aromatic heterocycles. The van der Waals surface area contributed by atoms with Gasteiger partial charge in [0.15, 0.2) is 0 Å². The van der Waals surface area contributed by atoms with E-state index < -0.39 is 0 Å². The predicted octanol–water partition coefficient (Wildman–Crippen LogP) is 1.82. The lowest BCUT2D eigenvalue weighted by molar-refractivity contribution is -0.140. The minimum absolute atomic E-state index is 0.0682. The molecule has 7 heteroatoms. The standard InChI is InChI=1S/C18H30N4O3/c1-25-15(23)8-5-13-22-17(24)21-16(18(22)9-11-19-12-10-18)20-14-6-3-2-4-7-14/h14,19H,2-13H2,1H3,(H,20,21,24). The zero-order chi connectivity index (χ0) is 17.7. The third-order valence-electron chi connectivity index (χ3n) is 5.74. The fourth-order valence-corrected chi connectivity index (χ4v) is 4.30. The monoisotopic (exact) mass is 350 g/mol. The molecule has 1 saturated carbocycles. The van der Waals surface area contributed by atoms with Crippen molar-refractivity contribution in [3.63, 3.8) is 0 Å². The number of hydrogen-bond acceptors (Lipinski definition) is 5. The van der Waals surface area contributed by atoms with Crippen molar-refractivity contribution in [3.05, 3.63) is 0 Å². The molecule has 1 aliphatic carbocycles. The van der Waals surface area contributed by atoms with Gasteiger partial charge in [0.05, 0.1) is 13.2 Å². The highest BCUT2D eigenvalue weighted by molar-refractivity contribution is 6.10. The van der Waals surface area contributed by atoms with Crippen LogP contribution in [0.2, 0.25) is 0 Å². The third kappa shape index (κ3) is 3.97. The van der Waals surface area contributed by atoms with E-state index in [9.17, 15) is 9.59 Å². The molecule has 1 spiro atoms. The van der Waals surface area contributed by atoms with E-state index in [0.29, 0.717) is 25.4 Å². The summed E-state index contributed by atoms with van der Waals surface area (Å²) in [5.74, 6) is 0.638. The highest BCUT2D eigenvalue weighted by atomic mass is 16.5. The molecule has 2 amide bonds. The molecule has 0 radical (unpaired) electrons. The van der Waals surface area contributed by atoms with Gasteiger partial charge in [-0.3, -0.25) is 15.1 Å². The van der Waals surface area contributed by atoms with Crippen molar-refractivity contribution in [2.24, 2.45) is 4.99 Å². The second-order valence-corrected chi connectivity index (χ2v) is 7.31. The Morgan fingerprint density at radius 2 is 2.00 bits per heavy atom. The van der Waals surface area contributed by atoms with Gasteiger partial charge >= 0.3 is 12.0 Å². The van der Waals surface area contributed by atoms with Crippen molar-refractivity contribution in [2.75, 3.05) is 26.7 Å². The Bertz CT molecular complexity index is 522. The van der Waals surface area contributed by atoms with Gasteiger partial charge in [-0.1, -0.05) is 19.3 Å². The van der Waals surface area contributed by atoms with E-state index in [1.54, 1.807) is 0 Å². The summed E-state index contributed by atoms with van der Waals surface area (Å²) in [5.41, 5.74) is -0.324. The van der Waals surface area contributed by atoms with Gasteiger partial charge in [-0.15, -0.1) is 0 Å². The van der Waals surface area contributed by atoms with E-state index in [2.05, 4.69) is 10.6 Å². The van der Waals surface area contributed by atoms with Crippen molar-refractivity contribution in [1.29, 1.82) is 0 Å². The fraction of sp³-hybridized carbons (Fsp3) is 0.833. The van der Waals surface area contributed by atoms with Gasteiger partial charge < -0.3 is 15.0 Å². The summed E-state index contributed by atoms with van der Waals surface area (Å²) in [6.07, 6.45) is 8.69. The lowest BCUT2D eigenvalue weighted by Gasteiger charge is -2.40. The molecule has 0 unspecified atom stereocenters. The maximum atomic E-state index is 12.6. The molecule has 0 aromatic carbocycles. The molecule has 25 heavy (non-hydrogen) atoms. The molecule has 2 saturated heterocycles. The van der Waals surface area contributed by atoms with E-state index >= 15 is 0 Å². The Kier molecular flexibility index (Phi) is 5.93. The van der Waals surface area contributed by atoms with Crippen LogP contribution in [0.15, 0.2) is 4.99 Å². The average Bonchev–Trinajstić information content (AvgIpc) is 2.88. The quantitative estimate of drug-likeness (QED) is 0.741. The van der Waals surface area contributed by atoms with Crippen molar-refractivity contribution in [3.8, 4) is 0 Å². The molecule has 0 aromatic rings. The van der Waals surface area contributed by atoms with Crippen LogP contribution in [0, 0.1) is 0 Å². The van der Waals surface area contributed by atoms with Gasteiger partial charge in [-0.25, -0.2) is 4.79 Å². The van der Waals surface area contributed by atoms with E-state index in [0.717, 1.165) is 44.6 Å². The van der Waals surface area contributed by atoms with E-state index in [1.165, 1.54) is 26.4 Å². The van der Waals surface area contributed by atoms with Gasteiger partial charge in [-0.05, 0) is 45.2 Å². The molecule has 140 valence electrons. The second kappa shape index (κ2) is 8.17. The number of hydrogen-bond donors (Lipinski definition) is 2. The Balaban J connectivity index is 1.75. The second-order valence-electron chi connectivity index (χ2n) is 7.31. The van der Waals surface area contributed by atoms with Crippen molar-refractivity contribution in [1.82, 2.24) is 15.5 Å². The summed E-state index contributed by atoms with van der Waals surface area (Å²) in [6.45, 7) is 2.32. The molecule has 0 bridgehead atoms. The van der Waals surface area contributed by atoms with Crippen LogP contribution in [0.3, 0.4) is 0 Å². The van der Waals surface area contributed by atoms with E-state index in [-0.39, 0.29) is 17.5 Å². The Hall–Kier alpha value is -1.63. The molecular weight excluding hydrogens is 320 g/mol. The number of ether oxygens (including phenoxy) is 1. The molecule has 7 nitrogen and oxygen atoms in total. The third-order valence-corrected chi connectivity index (χ3v) is 5.74. The van der Waals surface area contributed by atoms with Crippen LogP contribution in [-0.4, -0.2) is 61.1 Å². The number of nitrogens with zero attached hydrogens (tertiary/aromatic N) is 2. The number of amidine groups is 1. The first-order valence-electron chi connectivity index (χ1n) is 9.60. The highest BCUT2D eigenvalue weighted by Gasteiger charge is 2.51. The number of esters is 1. The van der Waals surface area contributed by atoms with Gasteiger partial charge in [0.25, 0.3) is 0 Å². The zero-order valence-corrected chi connectivity index (χ0v) is 15.2. The van der Waals surface area contributed by atoms with Crippen LogP contribution >= 0.6 is 0 Å². The molecular formula is C18H30N4O3. The first-order valence-corrected chi connectivity index (χ1v) is 9.60. The summed E-state index contributed by atoms with van der Waals surface area (Å²) in [7, 11) is 1.40. The smallest absolute Gasteiger partial charge is 0.323 e. The first kappa shape index (κ1) is 18.2. The minimum atomic E-state index is -0.324. The molecule has 0 atom stereocenters. The maximum Gasteiger partial charge on any atom is 0.323 e. The molecule has 2 aliphatic heterocycles. The number of rotatable bonds is 5. The minimum Gasteiger partial charge on any atom is -0.469 e. The summed E-state index contributed by atoms with van der Waals surface area (Å²) in [6, 6.07) is 0.271. The number of amides is 2. The van der Waals surface area contributed by atoms with Crippen LogP contribution in [0.25, 0.3) is 0 Å². The molecule has 3 rings (SSSR count). The molecule has 3 aliphatic rings. The highest BCUT2D eigenvalue weighted by Crippen LogP contribution is 2.33. The number of piperidine rings is 1. The summed E-state index contributed by atoms with van der Waals surface area (Å²) in [4.78, 5) is 30.9. The van der Waals surface area contributed by atoms with Crippen molar-refractivity contribution < 1.29 is 14.3 Å². The van der Waals surface area contributed by atoms with Crippen LogP contribution in [-0.2, 0) is 9.53 Å². The summed E-state index contributed by atoms with van der Waals surface area (Å²) in [5, 5.41) is 6.44. The van der Waals surface area contributed by atoms with Crippen LogP contribution in [0.1, 0.15) is 57.8 Å². The Labute approximate surface area is 149 Å². The lowest BCUT2D eigenvalue weighted by atomic mass is 9.85. The summed E-state index contributed by atoms with van der Waals surface area (Å²) >= 11 is 0. The number of aliphatic imine (C=N–C) groups is 1. The normalized spacial score (nSPS) is 25.4. The average molecular weight is 350 g/mol. The van der Waals surface area contributed by atoms with Gasteiger partial charge in [-0.2, -0.15) is 0 Å². The van der Waals surface area contributed by atoms with Crippen LogP contribution < -0.4 is 10.6 Å². The Morgan fingerprint density at radius 1 is 1.28 bits per heavy atom. The number of methoxy groups -OCH3 is 1. The van der Waals surface area contributed by atoms with Crippen molar-refractivity contribution in [2.45, 2.75) is 69.4 Å². The Morgan fingerprint density at radius 3 is 2.68 bits per heavy atom. The lowest BCUT2D eigenvalue weighted by Crippen LogP contribution is -2.56. The van der Waals surface area contributed by atoms with Crippen LogP contribution in [0.4, 0.5) is 4.79 Å². The van der Waals surface area contributed by atoms with Gasteiger partial charge in [0.1, 0.15) is 11.4 Å². The van der Waals surface area contributed by atoms with Crippen molar-refractivity contribution >= 4 is 17.8 Å². The van der Waals surface area contributed by atoms with Gasteiger partial charge in [0.2, 0.25) is 0 Å². The first-order chi connectivity index (χ1) is 12.2. The largest absolute Gasteiger partial charge is 0.469 e. The number of nitrogens with one attached hydrogen (secondary N) is 2. The molecule has 2 heterocycles. The zero-order valence-electron chi connectivity index (χ0n) is 15.2. The van der Waals surface area contributed by atoms with Crippen LogP contribution in [0.5, 0.6) is 0 Å². The predicted molar refractivity (Wildman–Crippen MR) is 95.6 cm³/mol. The van der Waals surface area contributed by atoms with E-state index in [4.69, 9.17) is 9.73 Å². The topological polar surface area (TPSA) is 83.0 Å². The number of carbonyl (C=O) groups is 2. The number of urea groups is 1.